The molecule has 1 saturated carbocycles. The van der Waals surface area contributed by atoms with Crippen LogP contribution in [0, 0.1) is 0 Å². The highest BCUT2D eigenvalue weighted by molar-refractivity contribution is 5.69. The van der Waals surface area contributed by atoms with Crippen molar-refractivity contribution in [1.82, 2.24) is 20.5 Å². The first-order valence-corrected chi connectivity index (χ1v) is 7.85. The van der Waals surface area contributed by atoms with E-state index in [4.69, 9.17) is 4.74 Å². The Morgan fingerprint density at radius 2 is 2.04 bits per heavy atom. The third kappa shape index (κ3) is 3.36. The van der Waals surface area contributed by atoms with Crippen LogP contribution < -0.4 is 5.32 Å². The van der Waals surface area contributed by atoms with Gasteiger partial charge in [0, 0.05) is 23.5 Å². The zero-order chi connectivity index (χ0) is 16.5. The maximum Gasteiger partial charge on any atom is 0.408 e. The minimum atomic E-state index is -0.506. The van der Waals surface area contributed by atoms with E-state index in [1.807, 2.05) is 45.3 Å². The first-order chi connectivity index (χ1) is 10.9. The Balaban J connectivity index is 1.76. The summed E-state index contributed by atoms with van der Waals surface area (Å²) in [5.74, 6) is 0. The first kappa shape index (κ1) is 15.5. The van der Waals surface area contributed by atoms with Crippen LogP contribution in [0.1, 0.15) is 45.7 Å². The summed E-state index contributed by atoms with van der Waals surface area (Å²) in [5.41, 5.74) is 1.95. The molecule has 1 aliphatic carbocycles. The normalized spacial score (nSPS) is 16.5. The molecule has 0 atom stereocenters. The molecular formula is C17H22N4O2. The smallest absolute Gasteiger partial charge is 0.408 e. The Morgan fingerprint density at radius 1 is 1.26 bits per heavy atom. The van der Waals surface area contributed by atoms with Crippen molar-refractivity contribution in [3.8, 4) is 11.1 Å². The van der Waals surface area contributed by atoms with Gasteiger partial charge in [-0.3, -0.25) is 10.1 Å². The Hall–Kier alpha value is -2.37. The van der Waals surface area contributed by atoms with Gasteiger partial charge >= 0.3 is 6.09 Å². The van der Waals surface area contributed by atoms with Gasteiger partial charge in [0.05, 0.1) is 17.4 Å². The van der Waals surface area contributed by atoms with E-state index in [2.05, 4.69) is 20.5 Å². The second-order valence-electron chi connectivity index (χ2n) is 6.98. The molecule has 2 aromatic rings. The van der Waals surface area contributed by atoms with Crippen LogP contribution in [0.15, 0.2) is 30.7 Å². The lowest BCUT2D eigenvalue weighted by molar-refractivity contribution is 0.0371. The quantitative estimate of drug-likeness (QED) is 0.910. The SMILES string of the molecule is CC(C)(C)OC(=O)NC1(c2ccc(-c3cn[nH]c3)cn2)CCC1. The van der Waals surface area contributed by atoms with E-state index in [-0.39, 0.29) is 0 Å². The summed E-state index contributed by atoms with van der Waals surface area (Å²) < 4.78 is 5.38. The van der Waals surface area contributed by atoms with Crippen LogP contribution in [0.4, 0.5) is 4.79 Å². The number of ether oxygens (including phenoxy) is 1. The molecule has 2 N–H and O–H groups in total. The Labute approximate surface area is 135 Å². The number of carbonyl (C=O) groups excluding carboxylic acids is 1. The lowest BCUT2D eigenvalue weighted by Gasteiger charge is -2.42. The number of amides is 1. The van der Waals surface area contributed by atoms with Crippen LogP contribution in [-0.4, -0.2) is 26.9 Å². The summed E-state index contributed by atoms with van der Waals surface area (Å²) in [6.45, 7) is 5.58. The van der Waals surface area contributed by atoms with Crippen molar-refractivity contribution in [2.24, 2.45) is 0 Å². The summed E-state index contributed by atoms with van der Waals surface area (Å²) >= 11 is 0. The third-order valence-electron chi connectivity index (χ3n) is 4.03. The van der Waals surface area contributed by atoms with Crippen LogP contribution in [0.5, 0.6) is 0 Å². The average Bonchev–Trinajstić information content (AvgIpc) is 2.95. The largest absolute Gasteiger partial charge is 0.444 e. The molecule has 6 heteroatoms. The van der Waals surface area contributed by atoms with Crippen molar-refractivity contribution in [1.29, 1.82) is 0 Å². The van der Waals surface area contributed by atoms with E-state index < -0.39 is 17.2 Å². The molecule has 0 unspecified atom stereocenters. The number of nitrogens with one attached hydrogen (secondary N) is 2. The first-order valence-electron chi connectivity index (χ1n) is 7.85. The standard InChI is InChI=1S/C17H22N4O2/c1-16(2,3)23-15(22)21-17(7-4-8-17)14-6-5-12(9-18-14)13-10-19-20-11-13/h5-6,9-11H,4,7-8H2,1-3H3,(H,19,20)(H,21,22). The Bertz CT molecular complexity index is 668. The lowest BCUT2D eigenvalue weighted by atomic mass is 9.74. The summed E-state index contributed by atoms with van der Waals surface area (Å²) in [7, 11) is 0. The van der Waals surface area contributed by atoms with Crippen molar-refractivity contribution in [2.75, 3.05) is 0 Å². The number of aromatic nitrogens is 3. The molecule has 0 saturated heterocycles. The predicted octanol–water partition coefficient (Wildman–Crippen LogP) is 3.38. The fourth-order valence-corrected chi connectivity index (χ4v) is 2.73. The maximum absolute atomic E-state index is 12.1. The minimum absolute atomic E-state index is 0.391. The highest BCUT2D eigenvalue weighted by Crippen LogP contribution is 2.40. The number of hydrogen-bond acceptors (Lipinski definition) is 4. The van der Waals surface area contributed by atoms with Gasteiger partial charge in [-0.2, -0.15) is 5.10 Å². The number of rotatable bonds is 3. The van der Waals surface area contributed by atoms with Crippen molar-refractivity contribution >= 4 is 6.09 Å². The zero-order valence-corrected chi connectivity index (χ0v) is 13.7. The monoisotopic (exact) mass is 314 g/mol. The number of hydrogen-bond donors (Lipinski definition) is 2. The van der Waals surface area contributed by atoms with Gasteiger partial charge in [-0.25, -0.2) is 4.79 Å². The van der Waals surface area contributed by atoms with Crippen molar-refractivity contribution in [3.63, 3.8) is 0 Å². The van der Waals surface area contributed by atoms with Crippen molar-refractivity contribution in [2.45, 2.75) is 51.2 Å². The van der Waals surface area contributed by atoms with Crippen LogP contribution in [0.3, 0.4) is 0 Å². The molecule has 1 aliphatic rings. The van der Waals surface area contributed by atoms with E-state index >= 15 is 0 Å². The van der Waals surface area contributed by atoms with Gasteiger partial charge < -0.3 is 10.1 Å². The average molecular weight is 314 g/mol. The second-order valence-corrected chi connectivity index (χ2v) is 6.98. The second kappa shape index (κ2) is 5.68. The van der Waals surface area contributed by atoms with Gasteiger partial charge in [-0.05, 0) is 46.1 Å². The fraction of sp³-hybridized carbons (Fsp3) is 0.471. The van der Waals surface area contributed by atoms with Gasteiger partial charge in [0.1, 0.15) is 5.60 Å². The number of carbonyl (C=O) groups is 1. The number of H-pyrrole nitrogens is 1. The number of alkyl carbamates (subject to hydrolysis) is 1. The molecule has 3 rings (SSSR count). The van der Waals surface area contributed by atoms with E-state index in [0.717, 1.165) is 36.1 Å². The molecule has 0 aromatic carbocycles. The molecule has 0 radical (unpaired) electrons. The number of aromatic amines is 1. The summed E-state index contributed by atoms with van der Waals surface area (Å²) in [4.78, 5) is 16.7. The molecule has 6 nitrogen and oxygen atoms in total. The Morgan fingerprint density at radius 3 is 2.52 bits per heavy atom. The molecule has 0 spiro atoms. The van der Waals surface area contributed by atoms with Crippen LogP contribution in [0.25, 0.3) is 11.1 Å². The fourth-order valence-electron chi connectivity index (χ4n) is 2.73. The molecule has 1 fully saturated rings. The zero-order valence-electron chi connectivity index (χ0n) is 13.7. The van der Waals surface area contributed by atoms with Gasteiger partial charge in [0.15, 0.2) is 0 Å². The molecule has 0 aliphatic heterocycles. The summed E-state index contributed by atoms with van der Waals surface area (Å²) in [6, 6.07) is 3.98. The van der Waals surface area contributed by atoms with Crippen LogP contribution in [0.2, 0.25) is 0 Å². The Kier molecular flexibility index (Phi) is 3.83. The van der Waals surface area contributed by atoms with Crippen LogP contribution in [-0.2, 0) is 10.3 Å². The number of nitrogens with zero attached hydrogens (tertiary/aromatic N) is 2. The predicted molar refractivity (Wildman–Crippen MR) is 86.7 cm³/mol. The topological polar surface area (TPSA) is 79.9 Å². The van der Waals surface area contributed by atoms with E-state index in [0.29, 0.717) is 0 Å². The van der Waals surface area contributed by atoms with Gasteiger partial charge in [-0.1, -0.05) is 6.07 Å². The number of pyridine rings is 1. The minimum Gasteiger partial charge on any atom is -0.444 e. The van der Waals surface area contributed by atoms with E-state index in [1.54, 1.807) is 6.20 Å². The highest BCUT2D eigenvalue weighted by atomic mass is 16.6. The molecule has 1 amide bonds. The molecule has 23 heavy (non-hydrogen) atoms. The molecule has 122 valence electrons. The summed E-state index contributed by atoms with van der Waals surface area (Å²) in [6.07, 6.45) is 7.84. The van der Waals surface area contributed by atoms with Gasteiger partial charge in [-0.15, -0.1) is 0 Å². The van der Waals surface area contributed by atoms with Crippen molar-refractivity contribution in [3.05, 3.63) is 36.4 Å². The maximum atomic E-state index is 12.1. The van der Waals surface area contributed by atoms with Crippen LogP contribution >= 0.6 is 0 Å². The van der Waals surface area contributed by atoms with Crippen molar-refractivity contribution < 1.29 is 9.53 Å². The molecule has 0 bridgehead atoms. The molecule has 2 aromatic heterocycles. The van der Waals surface area contributed by atoms with Gasteiger partial charge in [0.25, 0.3) is 0 Å². The third-order valence-corrected chi connectivity index (χ3v) is 4.03. The highest BCUT2D eigenvalue weighted by Gasteiger charge is 2.42. The van der Waals surface area contributed by atoms with E-state index in [1.165, 1.54) is 0 Å². The van der Waals surface area contributed by atoms with E-state index in [9.17, 15) is 4.79 Å². The molecular weight excluding hydrogens is 292 g/mol. The van der Waals surface area contributed by atoms with Gasteiger partial charge in [0.2, 0.25) is 0 Å². The summed E-state index contributed by atoms with van der Waals surface area (Å²) in [5, 5.41) is 9.75. The lowest BCUT2D eigenvalue weighted by Crippen LogP contribution is -2.52. The molecule has 2 heterocycles.